The van der Waals surface area contributed by atoms with Gasteiger partial charge in [-0.3, -0.25) is 4.90 Å². The van der Waals surface area contributed by atoms with Crippen LogP contribution in [0.25, 0.3) is 0 Å². The molecule has 2 aliphatic rings. The highest BCUT2D eigenvalue weighted by molar-refractivity contribution is 5.30. The molecule has 1 aromatic heterocycles. The van der Waals surface area contributed by atoms with E-state index in [2.05, 4.69) is 16.0 Å². The molecular weight excluding hydrogens is 246 g/mol. The first kappa shape index (κ1) is 13.6. The quantitative estimate of drug-likeness (QED) is 0.825. The summed E-state index contributed by atoms with van der Waals surface area (Å²) in [4.78, 5) is 6.66. The van der Waals surface area contributed by atoms with Gasteiger partial charge in [0.2, 0.25) is 0 Å². The number of likely N-dealkylation sites (tertiary alicyclic amines) is 1. The molecule has 2 heterocycles. The summed E-state index contributed by atoms with van der Waals surface area (Å²) in [6.45, 7) is 3.24. The molecule has 2 fully saturated rings. The second-order valence-corrected chi connectivity index (χ2v) is 6.46. The number of hydrogen-bond acceptors (Lipinski definition) is 3. The molecule has 0 aromatic carbocycles. The minimum atomic E-state index is 0.588. The Labute approximate surface area is 121 Å². The topological polar surface area (TPSA) is 39.9 Å². The fraction of sp³-hybridized carbons (Fsp3) is 0.647. The molecular formula is C17H23N3. The van der Waals surface area contributed by atoms with Crippen molar-refractivity contribution in [1.82, 2.24) is 9.88 Å². The molecule has 0 bridgehead atoms. The second-order valence-electron chi connectivity index (χ2n) is 6.46. The maximum absolute atomic E-state index is 9.12. The van der Waals surface area contributed by atoms with Crippen molar-refractivity contribution in [3.63, 3.8) is 0 Å². The van der Waals surface area contributed by atoms with Crippen LogP contribution in [0.1, 0.15) is 56.2 Å². The minimum Gasteiger partial charge on any atom is -0.299 e. The predicted molar refractivity (Wildman–Crippen MR) is 79.0 cm³/mol. The van der Waals surface area contributed by atoms with E-state index < -0.39 is 0 Å². The average molecular weight is 269 g/mol. The molecule has 1 saturated heterocycles. The summed E-state index contributed by atoms with van der Waals surface area (Å²) in [5.41, 5.74) is 2.32. The molecule has 0 amide bonds. The molecule has 106 valence electrons. The Morgan fingerprint density at radius 1 is 1.15 bits per heavy atom. The molecule has 0 atom stereocenters. The summed E-state index contributed by atoms with van der Waals surface area (Å²) < 4.78 is 0. The van der Waals surface area contributed by atoms with Gasteiger partial charge >= 0.3 is 0 Å². The zero-order valence-electron chi connectivity index (χ0n) is 12.1. The van der Waals surface area contributed by atoms with Crippen molar-refractivity contribution in [2.24, 2.45) is 5.41 Å². The van der Waals surface area contributed by atoms with Crippen molar-refractivity contribution >= 4 is 0 Å². The van der Waals surface area contributed by atoms with Crippen molar-refractivity contribution < 1.29 is 0 Å². The van der Waals surface area contributed by atoms with Crippen molar-refractivity contribution in [3.05, 3.63) is 29.6 Å². The largest absolute Gasteiger partial charge is 0.299 e. The molecule has 1 aliphatic heterocycles. The Bertz CT molecular complexity index is 487. The molecule has 0 radical (unpaired) electrons. The maximum Gasteiger partial charge on any atom is 0.144 e. The van der Waals surface area contributed by atoms with Gasteiger partial charge in [-0.15, -0.1) is 0 Å². The summed E-state index contributed by atoms with van der Waals surface area (Å²) in [7, 11) is 0. The first-order chi connectivity index (χ1) is 9.81. The zero-order chi connectivity index (χ0) is 13.8. The van der Waals surface area contributed by atoms with Crippen LogP contribution in [0.2, 0.25) is 0 Å². The van der Waals surface area contributed by atoms with E-state index in [1.54, 1.807) is 6.20 Å². The van der Waals surface area contributed by atoms with E-state index in [1.165, 1.54) is 58.0 Å². The van der Waals surface area contributed by atoms with Crippen LogP contribution >= 0.6 is 0 Å². The molecule has 0 N–H and O–H groups in total. The van der Waals surface area contributed by atoms with Crippen LogP contribution in [0, 0.1) is 16.7 Å². The van der Waals surface area contributed by atoms with Crippen LogP contribution in [0.3, 0.4) is 0 Å². The Balaban J connectivity index is 1.60. The predicted octanol–water partition coefficient (Wildman–Crippen LogP) is 3.50. The van der Waals surface area contributed by atoms with E-state index in [0.717, 1.165) is 12.1 Å². The fourth-order valence-electron chi connectivity index (χ4n) is 3.90. The number of nitrogens with zero attached hydrogens (tertiary/aromatic N) is 3. The van der Waals surface area contributed by atoms with Crippen LogP contribution in [-0.2, 0) is 6.54 Å². The third-order valence-electron chi connectivity index (χ3n) is 5.22. The molecule has 0 unspecified atom stereocenters. The maximum atomic E-state index is 9.12. The van der Waals surface area contributed by atoms with E-state index >= 15 is 0 Å². The van der Waals surface area contributed by atoms with Gasteiger partial charge in [0, 0.05) is 18.3 Å². The summed E-state index contributed by atoms with van der Waals surface area (Å²) in [5, 5.41) is 9.12. The lowest BCUT2D eigenvalue weighted by Gasteiger charge is -2.44. The average Bonchev–Trinajstić information content (AvgIpc) is 2.51. The minimum absolute atomic E-state index is 0.588. The molecule has 3 nitrogen and oxygen atoms in total. The second kappa shape index (κ2) is 5.93. The van der Waals surface area contributed by atoms with Crippen LogP contribution < -0.4 is 0 Å². The van der Waals surface area contributed by atoms with E-state index in [-0.39, 0.29) is 0 Å². The summed E-state index contributed by atoms with van der Waals surface area (Å²) in [5.74, 6) is 0. The van der Waals surface area contributed by atoms with Crippen LogP contribution in [0.15, 0.2) is 18.3 Å². The first-order valence-electron chi connectivity index (χ1n) is 7.88. The lowest BCUT2D eigenvalue weighted by molar-refractivity contribution is 0.0640. The number of hydrogen-bond donors (Lipinski definition) is 0. The van der Waals surface area contributed by atoms with Gasteiger partial charge in [-0.1, -0.05) is 25.3 Å². The standard InChI is InChI=1S/C17H23N3/c18-13-16-15(5-4-10-19-16)14-20-11-8-17(9-12-20)6-2-1-3-7-17/h4-5,10H,1-3,6-9,11-12,14H2. The molecule has 3 heteroatoms. The van der Waals surface area contributed by atoms with Crippen molar-refractivity contribution in [3.8, 4) is 6.07 Å². The van der Waals surface area contributed by atoms with Gasteiger partial charge in [0.1, 0.15) is 11.8 Å². The van der Waals surface area contributed by atoms with Crippen LogP contribution in [0.5, 0.6) is 0 Å². The SMILES string of the molecule is N#Cc1ncccc1CN1CCC2(CCCCC2)CC1. The van der Waals surface area contributed by atoms with Gasteiger partial charge in [-0.2, -0.15) is 5.26 Å². The Morgan fingerprint density at radius 3 is 2.60 bits per heavy atom. The molecule has 1 aromatic rings. The van der Waals surface area contributed by atoms with Gasteiger partial charge in [0.05, 0.1) is 0 Å². The van der Waals surface area contributed by atoms with Crippen molar-refractivity contribution in [2.45, 2.75) is 51.5 Å². The van der Waals surface area contributed by atoms with Gasteiger partial charge in [0.25, 0.3) is 0 Å². The third-order valence-corrected chi connectivity index (χ3v) is 5.22. The molecule has 1 saturated carbocycles. The number of pyridine rings is 1. The number of rotatable bonds is 2. The summed E-state index contributed by atoms with van der Waals surface area (Å²) in [6.07, 6.45) is 11.6. The van der Waals surface area contributed by atoms with Gasteiger partial charge in [-0.05, 0) is 50.3 Å². The van der Waals surface area contributed by atoms with Crippen molar-refractivity contribution in [1.29, 1.82) is 5.26 Å². The fourth-order valence-corrected chi connectivity index (χ4v) is 3.90. The van der Waals surface area contributed by atoms with Gasteiger partial charge in [-0.25, -0.2) is 4.98 Å². The number of aromatic nitrogens is 1. The van der Waals surface area contributed by atoms with E-state index in [1.807, 2.05) is 12.1 Å². The molecule has 20 heavy (non-hydrogen) atoms. The molecule has 1 aliphatic carbocycles. The van der Waals surface area contributed by atoms with Crippen LogP contribution in [0.4, 0.5) is 0 Å². The Kier molecular flexibility index (Phi) is 4.03. The lowest BCUT2D eigenvalue weighted by atomic mass is 9.68. The highest BCUT2D eigenvalue weighted by atomic mass is 15.1. The van der Waals surface area contributed by atoms with E-state index in [9.17, 15) is 0 Å². The molecule has 3 rings (SSSR count). The Morgan fingerprint density at radius 2 is 1.90 bits per heavy atom. The number of nitriles is 1. The highest BCUT2D eigenvalue weighted by Gasteiger charge is 2.35. The highest BCUT2D eigenvalue weighted by Crippen LogP contribution is 2.44. The smallest absolute Gasteiger partial charge is 0.144 e. The van der Waals surface area contributed by atoms with Gasteiger partial charge < -0.3 is 0 Å². The number of piperidine rings is 1. The summed E-state index contributed by atoms with van der Waals surface area (Å²) in [6, 6.07) is 6.18. The normalized spacial score (nSPS) is 22.6. The molecule has 1 spiro atoms. The lowest BCUT2D eigenvalue weighted by Crippen LogP contribution is -2.40. The van der Waals surface area contributed by atoms with E-state index in [0.29, 0.717) is 11.1 Å². The zero-order valence-corrected chi connectivity index (χ0v) is 12.1. The third kappa shape index (κ3) is 2.86. The van der Waals surface area contributed by atoms with Crippen LogP contribution in [-0.4, -0.2) is 23.0 Å². The first-order valence-corrected chi connectivity index (χ1v) is 7.88. The van der Waals surface area contributed by atoms with E-state index in [4.69, 9.17) is 5.26 Å². The monoisotopic (exact) mass is 269 g/mol. The Hall–Kier alpha value is -1.40. The summed E-state index contributed by atoms with van der Waals surface area (Å²) >= 11 is 0. The van der Waals surface area contributed by atoms with Crippen molar-refractivity contribution in [2.75, 3.05) is 13.1 Å². The van der Waals surface area contributed by atoms with Gasteiger partial charge in [0.15, 0.2) is 0 Å².